The monoisotopic (exact) mass is 320 g/mol. The lowest BCUT2D eigenvalue weighted by atomic mass is 9.77. The molecule has 1 fully saturated rings. The molecule has 1 aliphatic carbocycles. The number of ether oxygens (including phenoxy) is 2. The fraction of sp³-hybridized carbons (Fsp3) is 0.611. The Bertz CT molecular complexity index is 499. The van der Waals surface area contributed by atoms with Gasteiger partial charge in [0, 0.05) is 19.3 Å². The van der Waals surface area contributed by atoms with Gasteiger partial charge in [-0.1, -0.05) is 19.3 Å². The molecule has 0 spiro atoms. The molecule has 23 heavy (non-hydrogen) atoms. The Labute approximate surface area is 138 Å². The highest BCUT2D eigenvalue weighted by atomic mass is 16.5. The third-order valence-electron chi connectivity index (χ3n) is 4.58. The molecule has 5 nitrogen and oxygen atoms in total. The van der Waals surface area contributed by atoms with Crippen molar-refractivity contribution in [3.05, 3.63) is 24.3 Å². The van der Waals surface area contributed by atoms with Gasteiger partial charge >= 0.3 is 0 Å². The van der Waals surface area contributed by atoms with Crippen LogP contribution >= 0.6 is 0 Å². The summed E-state index contributed by atoms with van der Waals surface area (Å²) in [7, 11) is 1.72. The van der Waals surface area contributed by atoms with Gasteiger partial charge in [-0.2, -0.15) is 0 Å². The number of hydrogen-bond acceptors (Lipinski definition) is 4. The van der Waals surface area contributed by atoms with Crippen LogP contribution in [0.3, 0.4) is 0 Å². The lowest BCUT2D eigenvalue weighted by molar-refractivity contribution is -0.123. The number of amides is 1. The maximum Gasteiger partial charge on any atom is 0.223 e. The Morgan fingerprint density at radius 3 is 2.61 bits per heavy atom. The Balaban J connectivity index is 1.66. The van der Waals surface area contributed by atoms with Gasteiger partial charge < -0.3 is 20.5 Å². The Morgan fingerprint density at radius 2 is 2.04 bits per heavy atom. The van der Waals surface area contributed by atoms with Gasteiger partial charge in [-0.25, -0.2) is 0 Å². The molecule has 0 heterocycles. The molecule has 1 aliphatic rings. The summed E-state index contributed by atoms with van der Waals surface area (Å²) in [4.78, 5) is 12.0. The van der Waals surface area contributed by atoms with E-state index in [1.807, 2.05) is 0 Å². The summed E-state index contributed by atoms with van der Waals surface area (Å²) < 4.78 is 11.2. The van der Waals surface area contributed by atoms with Crippen LogP contribution in [-0.2, 0) is 9.53 Å². The number of anilines is 1. The lowest BCUT2D eigenvalue weighted by Crippen LogP contribution is -2.44. The van der Waals surface area contributed by atoms with Crippen LogP contribution in [0.2, 0.25) is 0 Å². The summed E-state index contributed by atoms with van der Waals surface area (Å²) in [6.07, 6.45) is 5.21. The van der Waals surface area contributed by atoms with Gasteiger partial charge in [0.15, 0.2) is 0 Å². The second-order valence-electron chi connectivity index (χ2n) is 6.60. The molecule has 0 saturated heterocycles. The number of rotatable bonds is 9. The fourth-order valence-corrected chi connectivity index (χ4v) is 2.73. The SMILES string of the molecule is COC(C)(CNC(=O)CCOc1ccc(N)cc1)CC1CCC1. The third kappa shape index (κ3) is 5.75. The molecule has 1 amide bonds. The van der Waals surface area contributed by atoms with Crippen LogP contribution in [0, 0.1) is 5.92 Å². The first-order valence-electron chi connectivity index (χ1n) is 8.31. The second kappa shape index (κ2) is 8.20. The van der Waals surface area contributed by atoms with Crippen molar-refractivity contribution >= 4 is 11.6 Å². The highest BCUT2D eigenvalue weighted by molar-refractivity contribution is 5.76. The summed E-state index contributed by atoms with van der Waals surface area (Å²) in [5, 5.41) is 2.96. The second-order valence-corrected chi connectivity index (χ2v) is 6.60. The zero-order chi connectivity index (χ0) is 16.7. The Kier molecular flexibility index (Phi) is 6.28. The summed E-state index contributed by atoms with van der Waals surface area (Å²) >= 11 is 0. The fourth-order valence-electron chi connectivity index (χ4n) is 2.73. The van der Waals surface area contributed by atoms with E-state index in [1.54, 1.807) is 31.4 Å². The zero-order valence-electron chi connectivity index (χ0n) is 14.1. The number of nitrogens with one attached hydrogen (secondary N) is 1. The third-order valence-corrected chi connectivity index (χ3v) is 4.58. The van der Waals surface area contributed by atoms with Crippen molar-refractivity contribution in [3.8, 4) is 5.75 Å². The van der Waals surface area contributed by atoms with Gasteiger partial charge in [0.2, 0.25) is 5.91 Å². The van der Waals surface area contributed by atoms with Crippen molar-refractivity contribution in [2.45, 2.75) is 44.6 Å². The van der Waals surface area contributed by atoms with E-state index in [1.165, 1.54) is 19.3 Å². The van der Waals surface area contributed by atoms with Gasteiger partial charge in [0.05, 0.1) is 18.6 Å². The number of methoxy groups -OCH3 is 1. The molecule has 1 aromatic carbocycles. The van der Waals surface area contributed by atoms with E-state index in [4.69, 9.17) is 15.2 Å². The number of nitrogen functional groups attached to an aromatic ring is 1. The molecule has 1 atom stereocenters. The molecular formula is C18H28N2O3. The molecule has 1 unspecified atom stereocenters. The van der Waals surface area contributed by atoms with Crippen LogP contribution in [0.1, 0.15) is 39.0 Å². The number of carbonyl (C=O) groups is 1. The number of benzene rings is 1. The zero-order valence-corrected chi connectivity index (χ0v) is 14.1. The van der Waals surface area contributed by atoms with Gasteiger partial charge in [0.1, 0.15) is 5.75 Å². The first-order valence-corrected chi connectivity index (χ1v) is 8.31. The van der Waals surface area contributed by atoms with E-state index < -0.39 is 0 Å². The van der Waals surface area contributed by atoms with Crippen molar-refractivity contribution < 1.29 is 14.3 Å². The van der Waals surface area contributed by atoms with Crippen LogP contribution in [0.15, 0.2) is 24.3 Å². The average Bonchev–Trinajstić information content (AvgIpc) is 2.51. The quantitative estimate of drug-likeness (QED) is 0.686. The molecule has 3 N–H and O–H groups in total. The molecule has 0 bridgehead atoms. The molecule has 0 aromatic heterocycles. The van der Waals surface area contributed by atoms with Gasteiger partial charge in [-0.05, 0) is 43.5 Å². The van der Waals surface area contributed by atoms with Crippen molar-refractivity contribution in [1.82, 2.24) is 5.32 Å². The highest BCUT2D eigenvalue weighted by Gasteiger charge is 2.31. The summed E-state index contributed by atoms with van der Waals surface area (Å²) in [6.45, 7) is 2.96. The van der Waals surface area contributed by atoms with E-state index in [0.717, 1.165) is 18.1 Å². The molecular weight excluding hydrogens is 292 g/mol. The molecule has 2 rings (SSSR count). The molecule has 128 valence electrons. The molecule has 5 heteroatoms. The van der Waals surface area contributed by atoms with Crippen LogP contribution in [0.25, 0.3) is 0 Å². The van der Waals surface area contributed by atoms with Gasteiger partial charge in [0.25, 0.3) is 0 Å². The maximum atomic E-state index is 12.0. The predicted molar refractivity (Wildman–Crippen MR) is 91.3 cm³/mol. The standard InChI is InChI=1S/C18H28N2O3/c1-18(22-2,12-14-4-3-5-14)13-20-17(21)10-11-23-16-8-6-15(19)7-9-16/h6-9,14H,3-5,10-13,19H2,1-2H3,(H,20,21). The maximum absolute atomic E-state index is 12.0. The lowest BCUT2D eigenvalue weighted by Gasteiger charge is -2.36. The van der Waals surface area contributed by atoms with Gasteiger partial charge in [-0.3, -0.25) is 4.79 Å². The minimum Gasteiger partial charge on any atom is -0.493 e. The van der Waals surface area contributed by atoms with Crippen LogP contribution in [0.5, 0.6) is 5.75 Å². The number of hydrogen-bond donors (Lipinski definition) is 2. The minimum atomic E-state index is -0.279. The number of carbonyl (C=O) groups excluding carboxylic acids is 1. The van der Waals surface area contributed by atoms with E-state index in [9.17, 15) is 4.79 Å². The number of nitrogens with two attached hydrogens (primary N) is 1. The first kappa shape index (κ1) is 17.6. The van der Waals surface area contributed by atoms with E-state index in [2.05, 4.69) is 12.2 Å². The summed E-state index contributed by atoms with van der Waals surface area (Å²) in [6, 6.07) is 7.15. The summed E-state index contributed by atoms with van der Waals surface area (Å²) in [5.74, 6) is 1.45. The predicted octanol–water partition coefficient (Wildman–Crippen LogP) is 2.75. The van der Waals surface area contributed by atoms with Crippen molar-refractivity contribution in [1.29, 1.82) is 0 Å². The van der Waals surface area contributed by atoms with Crippen molar-refractivity contribution in [2.24, 2.45) is 5.92 Å². The Morgan fingerprint density at radius 1 is 1.35 bits per heavy atom. The first-order chi connectivity index (χ1) is 11.0. The normalized spacial score (nSPS) is 17.1. The minimum absolute atomic E-state index is 0.0164. The average molecular weight is 320 g/mol. The van der Waals surface area contributed by atoms with Crippen LogP contribution < -0.4 is 15.8 Å². The molecule has 1 aromatic rings. The van der Waals surface area contributed by atoms with Gasteiger partial charge in [-0.15, -0.1) is 0 Å². The molecule has 0 radical (unpaired) electrons. The summed E-state index contributed by atoms with van der Waals surface area (Å²) in [5.41, 5.74) is 6.03. The van der Waals surface area contributed by atoms with E-state index in [-0.39, 0.29) is 11.5 Å². The van der Waals surface area contributed by atoms with E-state index >= 15 is 0 Å². The highest BCUT2D eigenvalue weighted by Crippen LogP contribution is 2.34. The van der Waals surface area contributed by atoms with Crippen molar-refractivity contribution in [3.63, 3.8) is 0 Å². The van der Waals surface area contributed by atoms with Crippen LogP contribution in [-0.4, -0.2) is 31.8 Å². The topological polar surface area (TPSA) is 73.6 Å². The van der Waals surface area contributed by atoms with Crippen LogP contribution in [0.4, 0.5) is 5.69 Å². The van der Waals surface area contributed by atoms with E-state index in [0.29, 0.717) is 25.3 Å². The Hall–Kier alpha value is -1.75. The molecule has 0 aliphatic heterocycles. The largest absolute Gasteiger partial charge is 0.493 e. The molecule has 1 saturated carbocycles. The van der Waals surface area contributed by atoms with Crippen molar-refractivity contribution in [2.75, 3.05) is 26.0 Å². The smallest absolute Gasteiger partial charge is 0.223 e.